The van der Waals surface area contributed by atoms with Crippen LogP contribution in [0.4, 0.5) is 13.2 Å². The molecule has 0 aliphatic carbocycles. The highest BCUT2D eigenvalue weighted by Gasteiger charge is 2.39. The number of amides is 1. The molecule has 6 nitrogen and oxygen atoms in total. The Morgan fingerprint density at radius 3 is 2.77 bits per heavy atom. The van der Waals surface area contributed by atoms with Crippen LogP contribution in [0.2, 0.25) is 0 Å². The van der Waals surface area contributed by atoms with E-state index in [4.69, 9.17) is 0 Å². The number of benzene rings is 1. The minimum absolute atomic E-state index is 0.00167. The fourth-order valence-electron chi connectivity index (χ4n) is 5.56. The second kappa shape index (κ2) is 11.9. The minimum atomic E-state index is -4.62. The molecule has 3 aromatic rings. The van der Waals surface area contributed by atoms with Gasteiger partial charge in [-0.25, -0.2) is 0 Å². The summed E-state index contributed by atoms with van der Waals surface area (Å²) in [5.41, 5.74) is 0.997. The molecule has 1 saturated heterocycles. The van der Waals surface area contributed by atoms with Crippen molar-refractivity contribution in [2.24, 2.45) is 0 Å². The van der Waals surface area contributed by atoms with Crippen molar-refractivity contribution in [2.45, 2.75) is 70.3 Å². The van der Waals surface area contributed by atoms with Crippen LogP contribution in [0.5, 0.6) is 0 Å². The first kappa shape index (κ1) is 27.9. The van der Waals surface area contributed by atoms with Crippen molar-refractivity contribution < 1.29 is 18.0 Å². The van der Waals surface area contributed by atoms with Gasteiger partial charge in [-0.1, -0.05) is 36.6 Å². The first-order valence-corrected chi connectivity index (χ1v) is 14.4. The van der Waals surface area contributed by atoms with Crippen LogP contribution in [0, 0.1) is 23.2 Å². The van der Waals surface area contributed by atoms with Gasteiger partial charge in [-0.2, -0.15) is 23.5 Å². The van der Waals surface area contributed by atoms with Gasteiger partial charge in [0.15, 0.2) is 5.69 Å². The molecular weight excluding hydrogens is 535 g/mol. The molecule has 5 rings (SSSR count). The average Bonchev–Trinajstić information content (AvgIpc) is 3.60. The number of rotatable bonds is 5. The van der Waals surface area contributed by atoms with Crippen LogP contribution in [-0.4, -0.2) is 39.7 Å². The topological polar surface area (TPSA) is 74.0 Å². The van der Waals surface area contributed by atoms with Gasteiger partial charge in [0, 0.05) is 48.1 Å². The predicted octanol–water partition coefficient (Wildman–Crippen LogP) is 5.92. The van der Waals surface area contributed by atoms with Crippen molar-refractivity contribution in [2.75, 3.05) is 13.1 Å². The SMILES string of the molecule is CCn1cc(-c2ccccc2[C@@H]2CN(C(=O)C#CCCC3CCCCN3)Cc3sc(C#N)cc32)c(C(F)(F)F)n1. The van der Waals surface area contributed by atoms with Crippen LogP contribution < -0.4 is 5.32 Å². The number of aromatic nitrogens is 2. The number of carbonyl (C=O) groups is 1. The Balaban J connectivity index is 1.47. The molecule has 0 bridgehead atoms. The Labute approximate surface area is 235 Å². The lowest BCUT2D eigenvalue weighted by Gasteiger charge is -2.33. The normalized spacial score (nSPS) is 18.9. The maximum Gasteiger partial charge on any atom is 0.435 e. The molecule has 208 valence electrons. The van der Waals surface area contributed by atoms with Gasteiger partial charge in [0.2, 0.25) is 0 Å². The Hall–Kier alpha value is -3.60. The van der Waals surface area contributed by atoms with Crippen LogP contribution in [0.3, 0.4) is 0 Å². The fraction of sp³-hybridized carbons (Fsp3) is 0.433. The van der Waals surface area contributed by atoms with Gasteiger partial charge in [-0.15, -0.1) is 11.3 Å². The van der Waals surface area contributed by atoms with E-state index in [0.717, 1.165) is 29.8 Å². The molecule has 2 aromatic heterocycles. The summed E-state index contributed by atoms with van der Waals surface area (Å²) in [6.07, 6.45) is 1.84. The third-order valence-electron chi connectivity index (χ3n) is 7.56. The summed E-state index contributed by atoms with van der Waals surface area (Å²) >= 11 is 1.31. The lowest BCUT2D eigenvalue weighted by atomic mass is 9.83. The van der Waals surface area contributed by atoms with Crippen LogP contribution in [-0.2, 0) is 24.1 Å². The van der Waals surface area contributed by atoms with Crippen molar-refractivity contribution in [1.29, 1.82) is 5.26 Å². The minimum Gasteiger partial charge on any atom is -0.326 e. The smallest absolute Gasteiger partial charge is 0.326 e. The Bertz CT molecular complexity index is 1480. The summed E-state index contributed by atoms with van der Waals surface area (Å²) in [7, 11) is 0. The van der Waals surface area contributed by atoms with E-state index >= 15 is 0 Å². The van der Waals surface area contributed by atoms with E-state index in [1.54, 1.807) is 42.2 Å². The summed E-state index contributed by atoms with van der Waals surface area (Å²) in [6.45, 7) is 3.63. The van der Waals surface area contributed by atoms with Gasteiger partial charge in [0.25, 0.3) is 5.91 Å². The van der Waals surface area contributed by atoms with Crippen LogP contribution in [0.15, 0.2) is 36.5 Å². The largest absolute Gasteiger partial charge is 0.435 e. The molecule has 1 aromatic carbocycles. The Kier molecular flexibility index (Phi) is 8.30. The zero-order chi connectivity index (χ0) is 28.3. The molecule has 2 aliphatic rings. The maximum absolute atomic E-state index is 14.0. The lowest BCUT2D eigenvalue weighted by Crippen LogP contribution is -2.37. The standard InChI is InChI=1S/C30H30F3N5OS/c1-2-38-18-26(29(36-38)30(31,32)33)23-12-5-4-11-22(23)25-17-37(19-27-24(25)15-21(16-34)40-27)28(39)13-6-3-9-20-10-7-8-14-35-20/h4-5,11-12,15,18,20,25,35H,2-3,7-10,14,17,19H2,1H3/t20?,25-/m0/s1. The van der Waals surface area contributed by atoms with Gasteiger partial charge in [0.1, 0.15) is 10.9 Å². The number of hydrogen-bond donors (Lipinski definition) is 1. The Morgan fingerprint density at radius 2 is 2.05 bits per heavy atom. The number of nitriles is 1. The van der Waals surface area contributed by atoms with Crippen molar-refractivity contribution in [3.05, 3.63) is 63.1 Å². The van der Waals surface area contributed by atoms with Gasteiger partial charge in [-0.05, 0) is 61.4 Å². The second-order valence-electron chi connectivity index (χ2n) is 10.2. The third-order valence-corrected chi connectivity index (χ3v) is 8.60. The van der Waals surface area contributed by atoms with Crippen molar-refractivity contribution >= 4 is 17.2 Å². The third kappa shape index (κ3) is 5.94. The summed E-state index contributed by atoms with van der Waals surface area (Å²) < 4.78 is 43.3. The van der Waals surface area contributed by atoms with Crippen molar-refractivity contribution in [3.63, 3.8) is 0 Å². The number of fused-ring (bicyclic) bond motifs is 1. The van der Waals surface area contributed by atoms with Crippen LogP contribution in [0.25, 0.3) is 11.1 Å². The van der Waals surface area contributed by atoms with Gasteiger partial charge >= 0.3 is 6.18 Å². The second-order valence-corrected chi connectivity index (χ2v) is 11.3. The summed E-state index contributed by atoms with van der Waals surface area (Å²) in [5.74, 6) is 5.09. The number of carbonyl (C=O) groups excluding carboxylic acids is 1. The number of halogens is 3. The molecule has 10 heteroatoms. The number of alkyl halides is 3. The first-order chi connectivity index (χ1) is 19.3. The lowest BCUT2D eigenvalue weighted by molar-refractivity contribution is -0.141. The van der Waals surface area contributed by atoms with E-state index in [1.165, 1.54) is 35.1 Å². The predicted molar refractivity (Wildman–Crippen MR) is 147 cm³/mol. The van der Waals surface area contributed by atoms with Gasteiger partial charge < -0.3 is 10.2 Å². The van der Waals surface area contributed by atoms with Gasteiger partial charge in [-0.3, -0.25) is 9.48 Å². The molecule has 40 heavy (non-hydrogen) atoms. The molecule has 1 fully saturated rings. The first-order valence-electron chi connectivity index (χ1n) is 13.6. The molecule has 4 heterocycles. The van der Waals surface area contributed by atoms with E-state index in [1.807, 2.05) is 0 Å². The number of thiophene rings is 1. The molecule has 1 N–H and O–H groups in total. The molecule has 0 spiro atoms. The van der Waals surface area contributed by atoms with E-state index in [2.05, 4.69) is 28.3 Å². The highest BCUT2D eigenvalue weighted by atomic mass is 32.1. The summed E-state index contributed by atoms with van der Waals surface area (Å²) in [5, 5.41) is 16.9. The Morgan fingerprint density at radius 1 is 1.23 bits per heavy atom. The zero-order valence-electron chi connectivity index (χ0n) is 22.2. The number of nitrogens with one attached hydrogen (secondary N) is 1. The number of nitrogens with zero attached hydrogens (tertiary/aromatic N) is 4. The fourth-order valence-corrected chi connectivity index (χ4v) is 6.60. The molecular formula is C30H30F3N5OS. The zero-order valence-corrected chi connectivity index (χ0v) is 23.0. The number of hydrogen-bond acceptors (Lipinski definition) is 5. The monoisotopic (exact) mass is 565 g/mol. The van der Waals surface area contributed by atoms with Crippen LogP contribution in [0.1, 0.15) is 71.5 Å². The molecule has 2 aliphatic heterocycles. The van der Waals surface area contributed by atoms with Gasteiger partial charge in [0.05, 0.1) is 6.54 Å². The summed E-state index contributed by atoms with van der Waals surface area (Å²) in [4.78, 5) is 16.2. The number of piperidine rings is 1. The molecule has 1 unspecified atom stereocenters. The number of aryl methyl sites for hydroxylation is 1. The molecule has 0 saturated carbocycles. The van der Waals surface area contributed by atoms with Crippen molar-refractivity contribution in [3.8, 4) is 29.0 Å². The highest BCUT2D eigenvalue weighted by Crippen LogP contribution is 2.44. The van der Waals surface area contributed by atoms with E-state index in [-0.39, 0.29) is 18.0 Å². The molecule has 0 radical (unpaired) electrons. The highest BCUT2D eigenvalue weighted by molar-refractivity contribution is 7.12. The van der Waals surface area contributed by atoms with E-state index in [0.29, 0.717) is 41.6 Å². The summed E-state index contributed by atoms with van der Waals surface area (Å²) in [6, 6.07) is 11.4. The average molecular weight is 566 g/mol. The quantitative estimate of drug-likeness (QED) is 0.390. The maximum atomic E-state index is 14.0. The van der Waals surface area contributed by atoms with Crippen molar-refractivity contribution in [1.82, 2.24) is 20.0 Å². The van der Waals surface area contributed by atoms with E-state index < -0.39 is 17.8 Å². The van der Waals surface area contributed by atoms with Crippen LogP contribution >= 0.6 is 11.3 Å². The molecule has 2 atom stereocenters. The van der Waals surface area contributed by atoms with E-state index in [9.17, 15) is 23.2 Å². The molecule has 1 amide bonds.